The lowest BCUT2D eigenvalue weighted by Gasteiger charge is -2.11. The number of hydrazone groups is 1. The maximum absolute atomic E-state index is 12.1. The van der Waals surface area contributed by atoms with Gasteiger partial charge in [0.05, 0.1) is 24.6 Å². The lowest BCUT2D eigenvalue weighted by Crippen LogP contribution is -2.25. The van der Waals surface area contributed by atoms with E-state index < -0.39 is 12.0 Å². The topological polar surface area (TPSA) is 92.7 Å². The summed E-state index contributed by atoms with van der Waals surface area (Å²) in [7, 11) is 1.34. The van der Waals surface area contributed by atoms with Crippen LogP contribution in [0, 0.1) is 0 Å². The Morgan fingerprint density at radius 3 is 2.92 bits per heavy atom. The highest BCUT2D eigenvalue weighted by atomic mass is 32.1. The standard InChI is InChI=1S/C17H18N4O3S/c1-24-16(22)14-12-7-2-3-8-13(12)25-15(14)20-17(23)21-19-10-11-6-4-5-9-18-11/h4-6,9-10H,2-3,7-8H2,1H3,(H2,20,21,23). The van der Waals surface area contributed by atoms with Crippen LogP contribution in [-0.2, 0) is 17.6 Å². The zero-order valence-electron chi connectivity index (χ0n) is 13.7. The maximum atomic E-state index is 12.1. The SMILES string of the molecule is COC(=O)c1c(NC(=O)NN=Cc2ccccn2)sc2c1CCCC2. The molecule has 2 heterocycles. The molecule has 2 amide bonds. The number of urea groups is 1. The molecule has 0 spiro atoms. The average molecular weight is 358 g/mol. The van der Waals surface area contributed by atoms with Crippen LogP contribution in [-0.4, -0.2) is 30.3 Å². The Bertz CT molecular complexity index is 802. The number of anilines is 1. The Morgan fingerprint density at radius 1 is 1.32 bits per heavy atom. The van der Waals surface area contributed by atoms with Gasteiger partial charge in [0.25, 0.3) is 0 Å². The predicted molar refractivity (Wildman–Crippen MR) is 96.3 cm³/mol. The molecule has 7 nitrogen and oxygen atoms in total. The molecule has 0 saturated carbocycles. The van der Waals surface area contributed by atoms with Gasteiger partial charge >= 0.3 is 12.0 Å². The van der Waals surface area contributed by atoms with Crippen LogP contribution >= 0.6 is 11.3 Å². The second-order valence-electron chi connectivity index (χ2n) is 5.49. The van der Waals surface area contributed by atoms with E-state index in [1.165, 1.54) is 24.7 Å². The van der Waals surface area contributed by atoms with Gasteiger partial charge in [0.2, 0.25) is 0 Å². The number of aryl methyl sites for hydroxylation is 1. The molecule has 2 N–H and O–H groups in total. The quantitative estimate of drug-likeness (QED) is 0.499. The fraction of sp³-hybridized carbons (Fsp3) is 0.294. The third kappa shape index (κ3) is 4.03. The number of carbonyl (C=O) groups excluding carboxylic acids is 2. The van der Waals surface area contributed by atoms with Gasteiger partial charge in [-0.1, -0.05) is 6.07 Å². The van der Waals surface area contributed by atoms with Crippen LogP contribution in [0.3, 0.4) is 0 Å². The van der Waals surface area contributed by atoms with Crippen molar-refractivity contribution in [2.24, 2.45) is 5.10 Å². The Labute approximate surface area is 149 Å². The van der Waals surface area contributed by atoms with Gasteiger partial charge in [0, 0.05) is 11.1 Å². The Hall–Kier alpha value is -2.74. The van der Waals surface area contributed by atoms with E-state index in [2.05, 4.69) is 20.8 Å². The van der Waals surface area contributed by atoms with E-state index in [4.69, 9.17) is 4.74 Å². The molecular formula is C17H18N4O3S. The number of pyridine rings is 1. The van der Waals surface area contributed by atoms with Crippen LogP contribution in [0.2, 0.25) is 0 Å². The molecule has 1 aliphatic carbocycles. The summed E-state index contributed by atoms with van der Waals surface area (Å²) in [6.45, 7) is 0. The second kappa shape index (κ2) is 7.89. The summed E-state index contributed by atoms with van der Waals surface area (Å²) in [5.74, 6) is -0.424. The lowest BCUT2D eigenvalue weighted by molar-refractivity contribution is 0.0601. The molecule has 3 rings (SSSR count). The number of methoxy groups -OCH3 is 1. The van der Waals surface area contributed by atoms with Gasteiger partial charge < -0.3 is 4.74 Å². The number of nitrogens with one attached hydrogen (secondary N) is 2. The smallest absolute Gasteiger partial charge is 0.341 e. The number of hydrogen-bond acceptors (Lipinski definition) is 6. The van der Waals surface area contributed by atoms with Crippen molar-refractivity contribution in [1.82, 2.24) is 10.4 Å². The van der Waals surface area contributed by atoms with Gasteiger partial charge in [0.1, 0.15) is 5.00 Å². The van der Waals surface area contributed by atoms with Crippen LogP contribution < -0.4 is 10.7 Å². The van der Waals surface area contributed by atoms with Crippen molar-refractivity contribution in [2.45, 2.75) is 25.7 Å². The normalized spacial score (nSPS) is 13.3. The third-order valence-corrected chi connectivity index (χ3v) is 5.05. The summed E-state index contributed by atoms with van der Waals surface area (Å²) >= 11 is 1.43. The van der Waals surface area contributed by atoms with Crippen molar-refractivity contribution in [3.8, 4) is 0 Å². The zero-order valence-corrected chi connectivity index (χ0v) is 14.6. The number of carbonyl (C=O) groups is 2. The van der Waals surface area contributed by atoms with Gasteiger partial charge in [-0.15, -0.1) is 11.3 Å². The van der Waals surface area contributed by atoms with Gasteiger partial charge in [0.15, 0.2) is 0 Å². The summed E-state index contributed by atoms with van der Waals surface area (Å²) < 4.78 is 4.88. The third-order valence-electron chi connectivity index (χ3n) is 3.84. The summed E-state index contributed by atoms with van der Waals surface area (Å²) in [6, 6.07) is 4.87. The van der Waals surface area contributed by atoms with Gasteiger partial charge in [-0.2, -0.15) is 5.10 Å². The molecule has 2 aromatic heterocycles. The number of hydrogen-bond donors (Lipinski definition) is 2. The number of amides is 2. The minimum Gasteiger partial charge on any atom is -0.465 e. The van der Waals surface area contributed by atoms with E-state index in [0.717, 1.165) is 36.1 Å². The molecule has 0 saturated heterocycles. The highest BCUT2D eigenvalue weighted by molar-refractivity contribution is 7.17. The average Bonchev–Trinajstić information content (AvgIpc) is 2.99. The first-order chi connectivity index (χ1) is 12.2. The molecule has 0 bridgehead atoms. The molecule has 0 aliphatic heterocycles. The molecule has 8 heteroatoms. The number of nitrogens with zero attached hydrogens (tertiary/aromatic N) is 2. The van der Waals surface area contributed by atoms with Crippen molar-refractivity contribution in [1.29, 1.82) is 0 Å². The Morgan fingerprint density at radius 2 is 2.16 bits per heavy atom. The van der Waals surface area contributed by atoms with Crippen LogP contribution in [0.5, 0.6) is 0 Å². The van der Waals surface area contributed by atoms with E-state index in [1.54, 1.807) is 18.3 Å². The minimum atomic E-state index is -0.518. The number of thiophene rings is 1. The number of rotatable bonds is 4. The summed E-state index contributed by atoms with van der Waals surface area (Å²) in [4.78, 5) is 29.4. The van der Waals surface area contributed by atoms with E-state index in [9.17, 15) is 9.59 Å². The molecular weight excluding hydrogens is 340 g/mol. The van der Waals surface area contributed by atoms with Gasteiger partial charge in [-0.05, 0) is 43.4 Å². The summed E-state index contributed by atoms with van der Waals surface area (Å²) in [6.07, 6.45) is 6.96. The van der Waals surface area contributed by atoms with Crippen LogP contribution in [0.15, 0.2) is 29.5 Å². The van der Waals surface area contributed by atoms with E-state index in [1.807, 2.05) is 6.07 Å². The number of ether oxygens (including phenoxy) is 1. The summed E-state index contributed by atoms with van der Waals surface area (Å²) in [5.41, 5.74) is 4.47. The van der Waals surface area contributed by atoms with Crippen LogP contribution in [0.1, 0.15) is 39.3 Å². The maximum Gasteiger partial charge on any atom is 0.341 e. The zero-order chi connectivity index (χ0) is 17.6. The summed E-state index contributed by atoms with van der Waals surface area (Å²) in [5, 5.41) is 7.06. The monoisotopic (exact) mass is 358 g/mol. The minimum absolute atomic E-state index is 0.424. The van der Waals surface area contributed by atoms with E-state index >= 15 is 0 Å². The first-order valence-electron chi connectivity index (χ1n) is 7.93. The predicted octanol–water partition coefficient (Wildman–Crippen LogP) is 2.96. The van der Waals surface area contributed by atoms with Crippen LogP contribution in [0.25, 0.3) is 0 Å². The fourth-order valence-corrected chi connectivity index (χ4v) is 3.98. The van der Waals surface area contributed by atoms with E-state index in [-0.39, 0.29) is 0 Å². The van der Waals surface area contributed by atoms with Crippen molar-refractivity contribution in [2.75, 3.05) is 12.4 Å². The number of aromatic nitrogens is 1. The number of fused-ring (bicyclic) bond motifs is 1. The molecule has 0 radical (unpaired) electrons. The van der Waals surface area contributed by atoms with Gasteiger partial charge in [-0.3, -0.25) is 10.3 Å². The van der Waals surface area contributed by atoms with Crippen molar-refractivity contribution < 1.29 is 14.3 Å². The first-order valence-corrected chi connectivity index (χ1v) is 8.74. The number of esters is 1. The molecule has 0 unspecified atom stereocenters. The fourth-order valence-electron chi connectivity index (χ4n) is 2.71. The lowest BCUT2D eigenvalue weighted by atomic mass is 9.95. The molecule has 130 valence electrons. The van der Waals surface area contributed by atoms with Gasteiger partial charge in [-0.25, -0.2) is 15.0 Å². The molecule has 0 atom stereocenters. The van der Waals surface area contributed by atoms with Crippen molar-refractivity contribution in [3.63, 3.8) is 0 Å². The van der Waals surface area contributed by atoms with Crippen LogP contribution in [0.4, 0.5) is 9.80 Å². The van der Waals surface area contributed by atoms with Crippen molar-refractivity contribution in [3.05, 3.63) is 46.1 Å². The molecule has 0 aromatic carbocycles. The molecule has 1 aliphatic rings. The highest BCUT2D eigenvalue weighted by Crippen LogP contribution is 2.38. The van der Waals surface area contributed by atoms with E-state index in [0.29, 0.717) is 16.3 Å². The largest absolute Gasteiger partial charge is 0.465 e. The molecule has 25 heavy (non-hydrogen) atoms. The molecule has 2 aromatic rings. The Balaban J connectivity index is 1.71. The first kappa shape index (κ1) is 17.1. The molecule has 0 fully saturated rings. The Kier molecular flexibility index (Phi) is 5.39. The van der Waals surface area contributed by atoms with Crippen molar-refractivity contribution >= 4 is 34.6 Å². The highest BCUT2D eigenvalue weighted by Gasteiger charge is 2.26. The second-order valence-corrected chi connectivity index (χ2v) is 6.59.